The highest BCUT2D eigenvalue weighted by atomic mass is 16.5. The van der Waals surface area contributed by atoms with Crippen LogP contribution in [0.4, 0.5) is 0 Å². The van der Waals surface area contributed by atoms with Crippen molar-refractivity contribution in [2.75, 3.05) is 0 Å². The number of esters is 1. The first-order valence-electron chi connectivity index (χ1n) is 3.91. The van der Waals surface area contributed by atoms with Gasteiger partial charge in [0.05, 0.1) is 0 Å². The molecule has 0 N–H and O–H groups in total. The SMILES string of the molecule is C/C=C/C(=O)O[C@@H](C)C(C)C. The molecule has 0 bridgehead atoms. The summed E-state index contributed by atoms with van der Waals surface area (Å²) in [6, 6.07) is 0. The van der Waals surface area contributed by atoms with E-state index < -0.39 is 0 Å². The molecule has 1 atom stereocenters. The Morgan fingerprint density at radius 1 is 1.36 bits per heavy atom. The molecule has 0 radical (unpaired) electrons. The zero-order valence-corrected chi connectivity index (χ0v) is 7.63. The number of hydrogen-bond donors (Lipinski definition) is 0. The molecule has 0 aromatic carbocycles. The average Bonchev–Trinajstić information content (AvgIpc) is 1.87. The van der Waals surface area contributed by atoms with Crippen LogP contribution in [0.15, 0.2) is 12.2 Å². The number of carbonyl (C=O) groups excluding carboxylic acids is 1. The van der Waals surface area contributed by atoms with Crippen molar-refractivity contribution in [3.63, 3.8) is 0 Å². The van der Waals surface area contributed by atoms with Crippen LogP contribution in [0.2, 0.25) is 0 Å². The summed E-state index contributed by atoms with van der Waals surface area (Å²) >= 11 is 0. The number of rotatable bonds is 3. The second-order valence-corrected chi connectivity index (χ2v) is 2.89. The molecule has 11 heavy (non-hydrogen) atoms. The van der Waals surface area contributed by atoms with E-state index in [1.807, 2.05) is 20.8 Å². The monoisotopic (exact) mass is 156 g/mol. The molecule has 0 rings (SSSR count). The maximum absolute atomic E-state index is 10.8. The van der Waals surface area contributed by atoms with Crippen molar-refractivity contribution >= 4 is 5.97 Å². The number of allylic oxidation sites excluding steroid dienone is 1. The van der Waals surface area contributed by atoms with Crippen molar-refractivity contribution in [1.82, 2.24) is 0 Å². The molecule has 2 heteroatoms. The molecule has 64 valence electrons. The summed E-state index contributed by atoms with van der Waals surface area (Å²) in [5.74, 6) is 0.123. The summed E-state index contributed by atoms with van der Waals surface area (Å²) in [6.07, 6.45) is 3.10. The normalized spacial score (nSPS) is 13.9. The van der Waals surface area contributed by atoms with Gasteiger partial charge in [0.15, 0.2) is 0 Å². The summed E-state index contributed by atoms with van der Waals surface area (Å²) in [5.41, 5.74) is 0. The van der Waals surface area contributed by atoms with Gasteiger partial charge in [-0.3, -0.25) is 0 Å². The van der Waals surface area contributed by atoms with Crippen molar-refractivity contribution in [3.8, 4) is 0 Å². The Morgan fingerprint density at radius 2 is 1.91 bits per heavy atom. The van der Waals surface area contributed by atoms with Gasteiger partial charge in [0.25, 0.3) is 0 Å². The summed E-state index contributed by atoms with van der Waals surface area (Å²) in [6.45, 7) is 7.73. The smallest absolute Gasteiger partial charge is 0.330 e. The minimum absolute atomic E-state index is 0.00120. The van der Waals surface area contributed by atoms with Gasteiger partial charge in [0.1, 0.15) is 6.10 Å². The fourth-order valence-electron chi connectivity index (χ4n) is 0.495. The first kappa shape index (κ1) is 10.2. The van der Waals surface area contributed by atoms with Gasteiger partial charge in [-0.25, -0.2) is 4.79 Å². The lowest BCUT2D eigenvalue weighted by atomic mass is 10.1. The maximum Gasteiger partial charge on any atom is 0.330 e. The average molecular weight is 156 g/mol. The largest absolute Gasteiger partial charge is 0.459 e. The van der Waals surface area contributed by atoms with E-state index in [1.165, 1.54) is 6.08 Å². The molecule has 0 heterocycles. The third-order valence-corrected chi connectivity index (χ3v) is 1.54. The van der Waals surface area contributed by atoms with Gasteiger partial charge >= 0.3 is 5.97 Å². The Balaban J connectivity index is 3.75. The van der Waals surface area contributed by atoms with Crippen molar-refractivity contribution < 1.29 is 9.53 Å². The minimum atomic E-state index is -0.256. The molecule has 2 nitrogen and oxygen atoms in total. The fraction of sp³-hybridized carbons (Fsp3) is 0.667. The first-order valence-corrected chi connectivity index (χ1v) is 3.91. The van der Waals surface area contributed by atoms with Gasteiger partial charge in [0.2, 0.25) is 0 Å². The van der Waals surface area contributed by atoms with E-state index >= 15 is 0 Å². The van der Waals surface area contributed by atoms with Crippen molar-refractivity contribution in [2.24, 2.45) is 5.92 Å². The van der Waals surface area contributed by atoms with E-state index in [1.54, 1.807) is 13.0 Å². The molecule has 0 aliphatic carbocycles. The summed E-state index contributed by atoms with van der Waals surface area (Å²) in [7, 11) is 0. The van der Waals surface area contributed by atoms with E-state index in [-0.39, 0.29) is 12.1 Å². The van der Waals surface area contributed by atoms with Gasteiger partial charge in [-0.1, -0.05) is 19.9 Å². The molecule has 0 saturated heterocycles. The van der Waals surface area contributed by atoms with Crippen LogP contribution in [0.25, 0.3) is 0 Å². The molecule has 0 saturated carbocycles. The topological polar surface area (TPSA) is 26.3 Å². The lowest BCUT2D eigenvalue weighted by Crippen LogP contribution is -2.18. The molecular weight excluding hydrogens is 140 g/mol. The van der Waals surface area contributed by atoms with Crippen molar-refractivity contribution in [1.29, 1.82) is 0 Å². The molecule has 0 aliphatic heterocycles. The quantitative estimate of drug-likeness (QED) is 0.462. The fourth-order valence-corrected chi connectivity index (χ4v) is 0.495. The second kappa shape index (κ2) is 4.94. The summed E-state index contributed by atoms with van der Waals surface area (Å²) in [5, 5.41) is 0. The van der Waals surface area contributed by atoms with Gasteiger partial charge in [0, 0.05) is 6.08 Å². The van der Waals surface area contributed by atoms with Crippen LogP contribution in [0, 0.1) is 5.92 Å². The van der Waals surface area contributed by atoms with E-state index in [4.69, 9.17) is 4.74 Å². The highest BCUT2D eigenvalue weighted by Crippen LogP contribution is 2.05. The van der Waals surface area contributed by atoms with Gasteiger partial charge in [-0.2, -0.15) is 0 Å². The van der Waals surface area contributed by atoms with Crippen molar-refractivity contribution in [3.05, 3.63) is 12.2 Å². The third kappa shape index (κ3) is 4.59. The molecule has 0 fully saturated rings. The van der Waals surface area contributed by atoms with E-state index in [0.717, 1.165) is 0 Å². The highest BCUT2D eigenvalue weighted by molar-refractivity contribution is 5.81. The third-order valence-electron chi connectivity index (χ3n) is 1.54. The van der Waals surface area contributed by atoms with Crippen LogP contribution in [-0.4, -0.2) is 12.1 Å². The van der Waals surface area contributed by atoms with Crippen LogP contribution in [0.5, 0.6) is 0 Å². The van der Waals surface area contributed by atoms with Gasteiger partial charge in [-0.05, 0) is 19.8 Å². The molecule has 0 amide bonds. The molecular formula is C9H16O2. The van der Waals surface area contributed by atoms with E-state index in [2.05, 4.69) is 0 Å². The zero-order valence-electron chi connectivity index (χ0n) is 7.63. The summed E-state index contributed by atoms with van der Waals surface area (Å²) in [4.78, 5) is 10.8. The van der Waals surface area contributed by atoms with E-state index in [0.29, 0.717) is 5.92 Å². The van der Waals surface area contributed by atoms with Gasteiger partial charge in [-0.15, -0.1) is 0 Å². The summed E-state index contributed by atoms with van der Waals surface area (Å²) < 4.78 is 5.03. The minimum Gasteiger partial charge on any atom is -0.459 e. The van der Waals surface area contributed by atoms with Crippen molar-refractivity contribution in [2.45, 2.75) is 33.8 Å². The predicted octanol–water partition coefficient (Wildman–Crippen LogP) is 2.15. The maximum atomic E-state index is 10.8. The predicted molar refractivity (Wildman–Crippen MR) is 45.2 cm³/mol. The molecule has 0 aromatic rings. The zero-order chi connectivity index (χ0) is 8.85. The Bertz CT molecular complexity index is 148. The second-order valence-electron chi connectivity index (χ2n) is 2.89. The molecule has 0 aromatic heterocycles. The first-order chi connectivity index (χ1) is 5.07. The van der Waals surface area contributed by atoms with Crippen LogP contribution >= 0.6 is 0 Å². The Labute approximate surface area is 68.2 Å². The van der Waals surface area contributed by atoms with Crippen LogP contribution < -0.4 is 0 Å². The van der Waals surface area contributed by atoms with Crippen LogP contribution in [0.3, 0.4) is 0 Å². The van der Waals surface area contributed by atoms with Gasteiger partial charge < -0.3 is 4.74 Å². The molecule has 0 aliphatic rings. The Hall–Kier alpha value is -0.790. The lowest BCUT2D eigenvalue weighted by Gasteiger charge is -2.14. The van der Waals surface area contributed by atoms with Crippen LogP contribution in [-0.2, 0) is 9.53 Å². The van der Waals surface area contributed by atoms with Crippen LogP contribution in [0.1, 0.15) is 27.7 Å². The van der Waals surface area contributed by atoms with E-state index in [9.17, 15) is 4.79 Å². The number of ether oxygens (including phenoxy) is 1. The number of carbonyl (C=O) groups is 1. The molecule has 0 spiro atoms. The highest BCUT2D eigenvalue weighted by Gasteiger charge is 2.09. The molecule has 0 unspecified atom stereocenters. The lowest BCUT2D eigenvalue weighted by molar-refractivity contribution is -0.144. The standard InChI is InChI=1S/C9H16O2/c1-5-6-9(10)11-8(4)7(2)3/h5-8H,1-4H3/b6-5+/t8-/m0/s1. The Morgan fingerprint density at radius 3 is 2.27 bits per heavy atom. The Kier molecular flexibility index (Phi) is 4.59. The number of hydrogen-bond acceptors (Lipinski definition) is 2.